The van der Waals surface area contributed by atoms with Crippen LogP contribution in [0.5, 0.6) is 0 Å². The van der Waals surface area contributed by atoms with E-state index < -0.39 is 0 Å². The molecule has 122 valence electrons. The number of hydrogen-bond acceptors (Lipinski definition) is 2. The largest absolute Gasteiger partial charge is 0.303 e. The Kier molecular flexibility index (Phi) is 4.31. The minimum Gasteiger partial charge on any atom is -0.303 e. The molecule has 1 atom stereocenters. The molecule has 0 saturated heterocycles. The van der Waals surface area contributed by atoms with Crippen LogP contribution in [0.1, 0.15) is 59.6 Å². The second kappa shape index (κ2) is 6.74. The molecule has 2 aromatic rings. The number of carbonyl (C=O) groups is 1. The second-order valence-corrected chi connectivity index (χ2v) is 6.86. The van der Waals surface area contributed by atoms with Crippen molar-refractivity contribution < 1.29 is 4.79 Å². The van der Waals surface area contributed by atoms with E-state index in [-0.39, 0.29) is 11.8 Å². The normalized spacial score (nSPS) is 22.8. The summed E-state index contributed by atoms with van der Waals surface area (Å²) in [6, 6.07) is 18.7. The summed E-state index contributed by atoms with van der Waals surface area (Å²) in [5.74, 6) is 0.169. The van der Waals surface area contributed by atoms with E-state index in [0.717, 1.165) is 22.3 Å². The van der Waals surface area contributed by atoms with Gasteiger partial charge >= 0.3 is 0 Å². The molecule has 0 heterocycles. The smallest absolute Gasteiger partial charge is 0.191 e. The number of benzene rings is 2. The Morgan fingerprint density at radius 3 is 2.38 bits per heavy atom. The fraction of sp³-hybridized carbons (Fsp3) is 0.318. The van der Waals surface area contributed by atoms with Crippen LogP contribution in [0.4, 0.5) is 0 Å². The van der Waals surface area contributed by atoms with Crippen molar-refractivity contribution in [3.05, 3.63) is 76.9 Å². The van der Waals surface area contributed by atoms with Crippen LogP contribution in [0.25, 0.3) is 6.08 Å². The fourth-order valence-corrected chi connectivity index (χ4v) is 3.97. The van der Waals surface area contributed by atoms with Crippen LogP contribution in [-0.2, 0) is 0 Å². The summed E-state index contributed by atoms with van der Waals surface area (Å²) in [6.07, 6.45) is 8.40. The van der Waals surface area contributed by atoms with Crippen LogP contribution in [0.3, 0.4) is 0 Å². The highest BCUT2D eigenvalue weighted by atomic mass is 16.1. The Morgan fingerprint density at radius 2 is 1.58 bits per heavy atom. The molecule has 1 unspecified atom stereocenters. The van der Waals surface area contributed by atoms with E-state index in [2.05, 4.69) is 29.6 Å². The lowest BCUT2D eigenvalue weighted by molar-refractivity contribution is 0.103. The predicted molar refractivity (Wildman–Crippen MR) is 97.9 cm³/mol. The van der Waals surface area contributed by atoms with Crippen molar-refractivity contribution in [3.8, 4) is 0 Å². The van der Waals surface area contributed by atoms with Crippen LogP contribution in [0.2, 0.25) is 0 Å². The van der Waals surface area contributed by atoms with Gasteiger partial charge in [-0.25, -0.2) is 0 Å². The van der Waals surface area contributed by atoms with Crippen molar-refractivity contribution in [2.24, 2.45) is 0 Å². The number of ketones is 1. The van der Waals surface area contributed by atoms with E-state index in [9.17, 15) is 4.79 Å². The summed E-state index contributed by atoms with van der Waals surface area (Å²) in [7, 11) is 0. The third kappa shape index (κ3) is 2.94. The summed E-state index contributed by atoms with van der Waals surface area (Å²) < 4.78 is 0. The maximum Gasteiger partial charge on any atom is 0.191 e. The van der Waals surface area contributed by atoms with Gasteiger partial charge in [0.2, 0.25) is 0 Å². The SMILES string of the molecule is O=C1/C(=C\c2ccccc2)C(NC2CCCCC2)c2ccccc21. The van der Waals surface area contributed by atoms with Gasteiger partial charge in [-0.15, -0.1) is 0 Å². The van der Waals surface area contributed by atoms with Crippen LogP contribution < -0.4 is 5.32 Å². The third-order valence-electron chi connectivity index (χ3n) is 5.22. The van der Waals surface area contributed by atoms with Gasteiger partial charge in [-0.3, -0.25) is 4.79 Å². The van der Waals surface area contributed by atoms with Crippen molar-refractivity contribution in [1.82, 2.24) is 5.32 Å². The van der Waals surface area contributed by atoms with E-state index in [0.29, 0.717) is 6.04 Å². The van der Waals surface area contributed by atoms with E-state index in [1.54, 1.807) is 0 Å². The summed E-state index contributed by atoms with van der Waals surface area (Å²) in [5, 5.41) is 3.79. The topological polar surface area (TPSA) is 29.1 Å². The molecule has 0 radical (unpaired) electrons. The molecule has 1 fully saturated rings. The molecule has 2 nitrogen and oxygen atoms in total. The number of carbonyl (C=O) groups excluding carboxylic acids is 1. The van der Waals surface area contributed by atoms with Gasteiger partial charge in [0.05, 0.1) is 6.04 Å². The average Bonchev–Trinajstić information content (AvgIpc) is 2.90. The van der Waals surface area contributed by atoms with Crippen molar-refractivity contribution in [1.29, 1.82) is 0 Å². The van der Waals surface area contributed by atoms with Gasteiger partial charge in [-0.1, -0.05) is 73.9 Å². The minimum absolute atomic E-state index is 0.0250. The Hall–Kier alpha value is -2.19. The molecule has 2 aliphatic carbocycles. The zero-order chi connectivity index (χ0) is 16.4. The quantitative estimate of drug-likeness (QED) is 0.813. The van der Waals surface area contributed by atoms with Gasteiger partial charge in [-0.05, 0) is 30.0 Å². The molecule has 24 heavy (non-hydrogen) atoms. The van der Waals surface area contributed by atoms with Gasteiger partial charge in [0.25, 0.3) is 0 Å². The number of Topliss-reactive ketones (excluding diaryl/α,β-unsaturated/α-hetero) is 1. The standard InChI is InChI=1S/C22H23NO/c24-22-19-14-8-7-13-18(19)21(23-17-11-5-2-6-12-17)20(22)15-16-9-3-1-4-10-16/h1,3-4,7-10,13-15,17,21,23H,2,5-6,11-12H2/b20-15-. The summed E-state index contributed by atoms with van der Waals surface area (Å²) in [4.78, 5) is 12.9. The monoisotopic (exact) mass is 317 g/mol. The van der Waals surface area contributed by atoms with Crippen molar-refractivity contribution in [2.75, 3.05) is 0 Å². The summed E-state index contributed by atoms with van der Waals surface area (Å²) >= 11 is 0. The Bertz CT molecular complexity index is 757. The molecule has 2 aromatic carbocycles. The number of hydrogen-bond donors (Lipinski definition) is 1. The van der Waals surface area contributed by atoms with E-state index in [1.165, 1.54) is 32.1 Å². The lowest BCUT2D eigenvalue weighted by Crippen LogP contribution is -2.34. The van der Waals surface area contributed by atoms with E-state index >= 15 is 0 Å². The molecule has 2 heteroatoms. The fourth-order valence-electron chi connectivity index (χ4n) is 3.97. The molecule has 4 rings (SSSR count). The highest BCUT2D eigenvalue weighted by Gasteiger charge is 2.35. The molecular weight excluding hydrogens is 294 g/mol. The van der Waals surface area contributed by atoms with Crippen LogP contribution in [-0.4, -0.2) is 11.8 Å². The maximum atomic E-state index is 12.9. The number of fused-ring (bicyclic) bond motifs is 1. The molecule has 1 saturated carbocycles. The van der Waals surface area contributed by atoms with Crippen molar-refractivity contribution in [3.63, 3.8) is 0 Å². The molecule has 0 spiro atoms. The first-order valence-electron chi connectivity index (χ1n) is 8.99. The Balaban J connectivity index is 1.70. The molecule has 0 bridgehead atoms. The molecular formula is C22H23NO. The summed E-state index contributed by atoms with van der Waals surface area (Å²) in [5.41, 5.74) is 3.96. The highest BCUT2D eigenvalue weighted by molar-refractivity contribution is 6.16. The first kappa shape index (κ1) is 15.3. The maximum absolute atomic E-state index is 12.9. The molecule has 0 aliphatic heterocycles. The Labute approximate surface area is 143 Å². The molecule has 2 aliphatic rings. The van der Waals surface area contributed by atoms with Crippen LogP contribution >= 0.6 is 0 Å². The molecule has 1 N–H and O–H groups in total. The zero-order valence-corrected chi connectivity index (χ0v) is 13.9. The lowest BCUT2D eigenvalue weighted by atomic mass is 9.93. The van der Waals surface area contributed by atoms with Crippen LogP contribution in [0, 0.1) is 0 Å². The first-order chi connectivity index (χ1) is 11.8. The zero-order valence-electron chi connectivity index (χ0n) is 13.9. The minimum atomic E-state index is 0.0250. The van der Waals surface area contributed by atoms with E-state index in [1.807, 2.05) is 36.4 Å². The van der Waals surface area contributed by atoms with Gasteiger partial charge in [0.15, 0.2) is 5.78 Å². The first-order valence-corrected chi connectivity index (χ1v) is 8.99. The van der Waals surface area contributed by atoms with Crippen molar-refractivity contribution >= 4 is 11.9 Å². The number of nitrogens with one attached hydrogen (secondary N) is 1. The van der Waals surface area contributed by atoms with Gasteiger partial charge < -0.3 is 5.32 Å². The highest BCUT2D eigenvalue weighted by Crippen LogP contribution is 2.38. The molecule has 0 aromatic heterocycles. The van der Waals surface area contributed by atoms with Gasteiger partial charge in [-0.2, -0.15) is 0 Å². The predicted octanol–water partition coefficient (Wildman–Crippen LogP) is 4.93. The third-order valence-corrected chi connectivity index (χ3v) is 5.22. The second-order valence-electron chi connectivity index (χ2n) is 6.86. The average molecular weight is 317 g/mol. The van der Waals surface area contributed by atoms with Crippen LogP contribution in [0.15, 0.2) is 60.2 Å². The molecule has 0 amide bonds. The summed E-state index contributed by atoms with van der Waals surface area (Å²) in [6.45, 7) is 0. The lowest BCUT2D eigenvalue weighted by Gasteiger charge is -2.27. The Morgan fingerprint density at radius 1 is 0.875 bits per heavy atom. The van der Waals surface area contributed by atoms with Gasteiger partial charge in [0.1, 0.15) is 0 Å². The van der Waals surface area contributed by atoms with Crippen molar-refractivity contribution in [2.45, 2.75) is 44.2 Å². The van der Waals surface area contributed by atoms with Gasteiger partial charge in [0, 0.05) is 17.2 Å². The number of rotatable bonds is 3. The van der Waals surface area contributed by atoms with E-state index in [4.69, 9.17) is 0 Å².